The second-order valence-corrected chi connectivity index (χ2v) is 4.98. The van der Waals surface area contributed by atoms with E-state index in [-0.39, 0.29) is 0 Å². The van der Waals surface area contributed by atoms with E-state index >= 15 is 0 Å². The maximum atomic E-state index is 5.39. The molecule has 0 aliphatic carbocycles. The highest BCUT2D eigenvalue weighted by atomic mass is 32.1. The molecule has 0 saturated heterocycles. The molecule has 1 aromatic carbocycles. The zero-order valence-corrected chi connectivity index (χ0v) is 10.1. The second-order valence-electron chi connectivity index (χ2n) is 3.61. The van der Waals surface area contributed by atoms with Crippen molar-refractivity contribution in [2.75, 3.05) is 0 Å². The van der Waals surface area contributed by atoms with Crippen molar-refractivity contribution in [1.82, 2.24) is 5.48 Å². The van der Waals surface area contributed by atoms with Crippen molar-refractivity contribution < 1.29 is 4.84 Å². The smallest absolute Gasteiger partial charge is 0.0933 e. The normalized spacial score (nSPS) is 10.6. The van der Waals surface area contributed by atoms with Gasteiger partial charge in [0.1, 0.15) is 0 Å². The Morgan fingerprint density at radius 1 is 1.12 bits per heavy atom. The van der Waals surface area contributed by atoms with Crippen molar-refractivity contribution in [3.8, 4) is 0 Å². The van der Waals surface area contributed by atoms with Gasteiger partial charge in [-0.15, -0.1) is 11.3 Å². The molecule has 0 amide bonds. The lowest BCUT2D eigenvalue weighted by atomic mass is 10.2. The van der Waals surface area contributed by atoms with Gasteiger partial charge < -0.3 is 0 Å². The summed E-state index contributed by atoms with van der Waals surface area (Å²) < 4.78 is 0. The number of hydroxylamine groups is 1. The summed E-state index contributed by atoms with van der Waals surface area (Å²) in [5, 5.41) is 0. The van der Waals surface area contributed by atoms with E-state index in [4.69, 9.17) is 4.84 Å². The third kappa shape index (κ3) is 3.45. The Morgan fingerprint density at radius 2 is 1.94 bits per heavy atom. The van der Waals surface area contributed by atoms with Crippen molar-refractivity contribution in [2.45, 2.75) is 20.1 Å². The second kappa shape index (κ2) is 5.80. The summed E-state index contributed by atoms with van der Waals surface area (Å²) in [5.74, 6) is 0. The van der Waals surface area contributed by atoms with Gasteiger partial charge in [-0.3, -0.25) is 4.84 Å². The highest BCUT2D eigenvalue weighted by Gasteiger charge is 1.96. The van der Waals surface area contributed by atoms with E-state index in [1.54, 1.807) is 11.3 Å². The standard InChI is InChI=1S/C13H15NOS/c1-11-7-8-13(16-11)9-14-15-10-12-5-3-2-4-6-12/h2-8,14H,9-10H2,1H3. The summed E-state index contributed by atoms with van der Waals surface area (Å²) in [7, 11) is 0. The van der Waals surface area contributed by atoms with E-state index in [2.05, 4.69) is 36.7 Å². The maximum Gasteiger partial charge on any atom is 0.0933 e. The highest BCUT2D eigenvalue weighted by Crippen LogP contribution is 2.14. The Labute approximate surface area is 99.8 Å². The number of benzene rings is 1. The molecule has 16 heavy (non-hydrogen) atoms. The Bertz CT molecular complexity index is 425. The van der Waals surface area contributed by atoms with Gasteiger partial charge in [-0.2, -0.15) is 5.48 Å². The van der Waals surface area contributed by atoms with Crippen LogP contribution in [0.1, 0.15) is 15.3 Å². The minimum atomic E-state index is 0.602. The Kier molecular flexibility index (Phi) is 4.10. The topological polar surface area (TPSA) is 21.3 Å². The number of hydrogen-bond donors (Lipinski definition) is 1. The largest absolute Gasteiger partial charge is 0.297 e. The van der Waals surface area contributed by atoms with Gasteiger partial charge in [0.25, 0.3) is 0 Å². The Hall–Kier alpha value is -1.16. The lowest BCUT2D eigenvalue weighted by Crippen LogP contribution is -2.12. The molecule has 0 bridgehead atoms. The molecule has 1 aromatic heterocycles. The molecule has 0 atom stereocenters. The van der Waals surface area contributed by atoms with Crippen LogP contribution in [0.15, 0.2) is 42.5 Å². The molecular weight excluding hydrogens is 218 g/mol. The molecule has 3 heteroatoms. The number of thiophene rings is 1. The van der Waals surface area contributed by atoms with Gasteiger partial charge in [0, 0.05) is 9.75 Å². The van der Waals surface area contributed by atoms with Crippen LogP contribution < -0.4 is 5.48 Å². The first kappa shape index (κ1) is 11.3. The summed E-state index contributed by atoms with van der Waals surface area (Å²) in [6, 6.07) is 14.4. The molecule has 2 rings (SSSR count). The fourth-order valence-electron chi connectivity index (χ4n) is 1.41. The third-order valence-corrected chi connectivity index (χ3v) is 3.23. The van der Waals surface area contributed by atoms with Gasteiger partial charge in [-0.1, -0.05) is 30.3 Å². The molecule has 0 saturated carbocycles. The molecular formula is C13H15NOS. The minimum Gasteiger partial charge on any atom is -0.297 e. The minimum absolute atomic E-state index is 0.602. The van der Waals surface area contributed by atoms with Crippen molar-refractivity contribution in [1.29, 1.82) is 0 Å². The Morgan fingerprint density at radius 3 is 2.62 bits per heavy atom. The van der Waals surface area contributed by atoms with Gasteiger partial charge in [0.2, 0.25) is 0 Å². The highest BCUT2D eigenvalue weighted by molar-refractivity contribution is 7.11. The van der Waals surface area contributed by atoms with Crippen LogP contribution in [0.2, 0.25) is 0 Å². The molecule has 2 aromatic rings. The first-order valence-electron chi connectivity index (χ1n) is 5.28. The predicted molar refractivity (Wildman–Crippen MR) is 67.1 cm³/mol. The number of rotatable bonds is 5. The van der Waals surface area contributed by atoms with Crippen molar-refractivity contribution >= 4 is 11.3 Å². The molecule has 0 fully saturated rings. The quantitative estimate of drug-likeness (QED) is 0.632. The number of aryl methyl sites for hydroxylation is 1. The molecule has 1 heterocycles. The molecule has 84 valence electrons. The molecule has 0 unspecified atom stereocenters. The number of hydrogen-bond acceptors (Lipinski definition) is 3. The van der Waals surface area contributed by atoms with Crippen LogP contribution in [-0.2, 0) is 18.0 Å². The monoisotopic (exact) mass is 233 g/mol. The molecule has 0 radical (unpaired) electrons. The summed E-state index contributed by atoms with van der Waals surface area (Å²) >= 11 is 1.79. The average molecular weight is 233 g/mol. The van der Waals surface area contributed by atoms with Crippen molar-refractivity contribution in [2.24, 2.45) is 0 Å². The number of nitrogens with one attached hydrogen (secondary N) is 1. The van der Waals surface area contributed by atoms with E-state index in [9.17, 15) is 0 Å². The van der Waals surface area contributed by atoms with Gasteiger partial charge in [-0.25, -0.2) is 0 Å². The first-order chi connectivity index (χ1) is 7.84. The van der Waals surface area contributed by atoms with Gasteiger partial charge in [0.15, 0.2) is 0 Å². The van der Waals surface area contributed by atoms with Crippen molar-refractivity contribution in [3.05, 3.63) is 57.8 Å². The van der Waals surface area contributed by atoms with Crippen molar-refractivity contribution in [3.63, 3.8) is 0 Å². The van der Waals surface area contributed by atoms with Crippen LogP contribution in [-0.4, -0.2) is 0 Å². The zero-order valence-electron chi connectivity index (χ0n) is 9.27. The summed E-state index contributed by atoms with van der Waals surface area (Å²) in [6.07, 6.45) is 0. The summed E-state index contributed by atoms with van der Waals surface area (Å²) in [5.41, 5.74) is 4.15. The molecule has 0 aliphatic rings. The third-order valence-electron chi connectivity index (χ3n) is 2.23. The van der Waals surface area contributed by atoms with E-state index in [1.807, 2.05) is 18.2 Å². The summed E-state index contributed by atoms with van der Waals surface area (Å²) in [6.45, 7) is 3.48. The Balaban J connectivity index is 1.69. The van der Waals surface area contributed by atoms with E-state index in [0.717, 1.165) is 6.54 Å². The van der Waals surface area contributed by atoms with E-state index in [1.165, 1.54) is 15.3 Å². The van der Waals surface area contributed by atoms with Gasteiger partial charge >= 0.3 is 0 Å². The SMILES string of the molecule is Cc1ccc(CNOCc2ccccc2)s1. The first-order valence-corrected chi connectivity index (χ1v) is 6.10. The predicted octanol–water partition coefficient (Wildman–Crippen LogP) is 3.28. The fourth-order valence-corrected chi connectivity index (χ4v) is 2.23. The fraction of sp³-hybridized carbons (Fsp3) is 0.231. The zero-order chi connectivity index (χ0) is 11.2. The van der Waals surface area contributed by atoms with Crippen LogP contribution >= 0.6 is 11.3 Å². The molecule has 1 N–H and O–H groups in total. The lowest BCUT2D eigenvalue weighted by Gasteiger charge is -2.04. The van der Waals surface area contributed by atoms with Crippen LogP contribution in [0.4, 0.5) is 0 Å². The van der Waals surface area contributed by atoms with E-state index in [0.29, 0.717) is 6.61 Å². The van der Waals surface area contributed by atoms with Gasteiger partial charge in [0.05, 0.1) is 13.2 Å². The molecule has 2 nitrogen and oxygen atoms in total. The van der Waals surface area contributed by atoms with Gasteiger partial charge in [-0.05, 0) is 24.6 Å². The van der Waals surface area contributed by atoms with Crippen LogP contribution in [0.3, 0.4) is 0 Å². The average Bonchev–Trinajstić information content (AvgIpc) is 2.72. The molecule has 0 aliphatic heterocycles. The summed E-state index contributed by atoms with van der Waals surface area (Å²) in [4.78, 5) is 8.02. The van der Waals surface area contributed by atoms with Crippen LogP contribution in [0.5, 0.6) is 0 Å². The molecule has 0 spiro atoms. The lowest BCUT2D eigenvalue weighted by molar-refractivity contribution is 0.0240. The van der Waals surface area contributed by atoms with E-state index < -0.39 is 0 Å². The van der Waals surface area contributed by atoms with Crippen LogP contribution in [0.25, 0.3) is 0 Å². The van der Waals surface area contributed by atoms with Crippen LogP contribution in [0, 0.1) is 6.92 Å². The maximum absolute atomic E-state index is 5.39.